The van der Waals surface area contributed by atoms with E-state index in [1.165, 1.54) is 6.92 Å². The lowest BCUT2D eigenvalue weighted by Crippen LogP contribution is -2.33. The fourth-order valence-electron chi connectivity index (χ4n) is 2.42. The van der Waals surface area contributed by atoms with Crippen molar-refractivity contribution in [2.75, 3.05) is 20.2 Å². The topological polar surface area (TPSA) is 72.6 Å². The van der Waals surface area contributed by atoms with Crippen molar-refractivity contribution in [3.05, 3.63) is 29.3 Å². The largest absolute Gasteiger partial charge is 0.496 e. The molecule has 1 aliphatic rings. The van der Waals surface area contributed by atoms with Crippen molar-refractivity contribution >= 4 is 24.1 Å². The Hall–Kier alpha value is -1.59. The summed E-state index contributed by atoms with van der Waals surface area (Å²) in [7, 11) is 1.56. The molecule has 0 aromatic heterocycles. The van der Waals surface area contributed by atoms with Crippen LogP contribution in [0.3, 0.4) is 0 Å². The molecule has 1 aromatic rings. The van der Waals surface area contributed by atoms with E-state index >= 15 is 0 Å². The van der Waals surface area contributed by atoms with Gasteiger partial charge in [0.2, 0.25) is 5.91 Å². The first kappa shape index (κ1) is 17.5. The minimum absolute atomic E-state index is 0. The van der Waals surface area contributed by atoms with Gasteiger partial charge in [-0.2, -0.15) is 0 Å². The minimum atomic E-state index is -0.0236. The molecule has 0 bridgehead atoms. The van der Waals surface area contributed by atoms with Gasteiger partial charge in [0, 0.05) is 30.3 Å². The Labute approximate surface area is 130 Å². The number of ketones is 1. The van der Waals surface area contributed by atoms with Crippen LogP contribution >= 0.6 is 12.4 Å². The first-order valence-corrected chi connectivity index (χ1v) is 6.72. The van der Waals surface area contributed by atoms with E-state index in [1.807, 2.05) is 0 Å². The monoisotopic (exact) mass is 312 g/mol. The molecular formula is C15H21ClN2O3. The molecule has 5 nitrogen and oxygen atoms in total. The van der Waals surface area contributed by atoms with Crippen LogP contribution in [0.15, 0.2) is 18.2 Å². The molecule has 1 atom stereocenters. The van der Waals surface area contributed by atoms with Gasteiger partial charge in [0.15, 0.2) is 5.78 Å². The average molecular weight is 313 g/mol. The zero-order valence-electron chi connectivity index (χ0n) is 12.3. The average Bonchev–Trinajstić information content (AvgIpc) is 2.85. The number of hydrogen-bond donors (Lipinski definition) is 1. The number of amides is 1. The molecular weight excluding hydrogens is 292 g/mol. The minimum Gasteiger partial charge on any atom is -0.496 e. The van der Waals surface area contributed by atoms with E-state index in [0.717, 1.165) is 12.0 Å². The molecule has 1 heterocycles. The first-order chi connectivity index (χ1) is 9.51. The molecule has 1 amide bonds. The Morgan fingerprint density at radius 1 is 1.43 bits per heavy atom. The molecule has 0 unspecified atom stereocenters. The van der Waals surface area contributed by atoms with E-state index in [1.54, 1.807) is 30.2 Å². The Kier molecular flexibility index (Phi) is 6.18. The molecule has 116 valence electrons. The number of hydrogen-bond acceptors (Lipinski definition) is 4. The summed E-state index contributed by atoms with van der Waals surface area (Å²) in [5, 5.41) is 0. The van der Waals surface area contributed by atoms with Gasteiger partial charge in [-0.25, -0.2) is 0 Å². The second-order valence-electron chi connectivity index (χ2n) is 5.15. The maximum absolute atomic E-state index is 12.2. The predicted molar refractivity (Wildman–Crippen MR) is 83.1 cm³/mol. The maximum atomic E-state index is 12.2. The second-order valence-corrected chi connectivity index (χ2v) is 5.15. The number of carbonyl (C=O) groups is 2. The number of methoxy groups -OCH3 is 1. The third-order valence-corrected chi connectivity index (χ3v) is 3.61. The van der Waals surface area contributed by atoms with E-state index in [2.05, 4.69) is 0 Å². The zero-order valence-corrected chi connectivity index (χ0v) is 13.1. The van der Waals surface area contributed by atoms with Crippen LogP contribution in [0.2, 0.25) is 0 Å². The lowest BCUT2D eigenvalue weighted by Gasteiger charge is -2.17. The number of carbonyl (C=O) groups excluding carboxylic acids is 2. The summed E-state index contributed by atoms with van der Waals surface area (Å²) in [4.78, 5) is 25.4. The van der Waals surface area contributed by atoms with Gasteiger partial charge >= 0.3 is 0 Å². The number of nitrogens with zero attached hydrogens (tertiary/aromatic N) is 1. The number of nitrogens with two attached hydrogens (primary N) is 1. The Balaban J connectivity index is 0.00000220. The third kappa shape index (κ3) is 4.19. The summed E-state index contributed by atoms with van der Waals surface area (Å²) in [6.07, 6.45) is 1.08. The Bertz CT molecular complexity index is 534. The Morgan fingerprint density at radius 3 is 2.67 bits per heavy atom. The Morgan fingerprint density at radius 2 is 2.14 bits per heavy atom. The van der Waals surface area contributed by atoms with Gasteiger partial charge in [-0.1, -0.05) is 0 Å². The molecule has 0 spiro atoms. The standard InChI is InChI=1S/C15H20N2O3.ClH/c1-10(18)11-3-4-14(20-2)12(7-11)8-15(19)17-6-5-13(16)9-17;/h3-4,7,13H,5-6,8-9,16H2,1-2H3;1H/t13-;/m1./s1. The summed E-state index contributed by atoms with van der Waals surface area (Å²) in [6, 6.07) is 5.25. The molecule has 0 aliphatic carbocycles. The predicted octanol–water partition coefficient (Wildman–Crippen LogP) is 1.42. The molecule has 0 radical (unpaired) electrons. The van der Waals surface area contributed by atoms with Crippen LogP contribution in [0.4, 0.5) is 0 Å². The molecule has 1 aliphatic heterocycles. The van der Waals surface area contributed by atoms with Crippen LogP contribution in [0.1, 0.15) is 29.3 Å². The zero-order chi connectivity index (χ0) is 14.7. The van der Waals surface area contributed by atoms with E-state index in [9.17, 15) is 9.59 Å². The fourth-order valence-corrected chi connectivity index (χ4v) is 2.42. The van der Waals surface area contributed by atoms with Gasteiger partial charge in [-0.3, -0.25) is 9.59 Å². The number of Topliss-reactive ketones (excluding diaryl/α,β-unsaturated/α-hetero) is 1. The lowest BCUT2D eigenvalue weighted by atomic mass is 10.0. The van der Waals surface area contributed by atoms with Gasteiger partial charge in [-0.15, -0.1) is 12.4 Å². The van der Waals surface area contributed by atoms with Crippen LogP contribution < -0.4 is 10.5 Å². The van der Waals surface area contributed by atoms with Crippen LogP contribution in [-0.4, -0.2) is 42.8 Å². The van der Waals surface area contributed by atoms with Gasteiger partial charge in [0.1, 0.15) is 5.75 Å². The van der Waals surface area contributed by atoms with Crippen molar-refractivity contribution in [2.45, 2.75) is 25.8 Å². The molecule has 6 heteroatoms. The number of rotatable bonds is 4. The number of likely N-dealkylation sites (tertiary alicyclic amines) is 1. The van der Waals surface area contributed by atoms with E-state index in [0.29, 0.717) is 24.4 Å². The molecule has 1 aromatic carbocycles. The second kappa shape index (κ2) is 7.43. The van der Waals surface area contributed by atoms with Crippen molar-refractivity contribution in [3.63, 3.8) is 0 Å². The maximum Gasteiger partial charge on any atom is 0.227 e. The number of halogens is 1. The smallest absolute Gasteiger partial charge is 0.227 e. The molecule has 1 saturated heterocycles. The van der Waals surface area contributed by atoms with Crippen molar-refractivity contribution < 1.29 is 14.3 Å². The summed E-state index contributed by atoms with van der Waals surface area (Å²) < 4.78 is 5.26. The van der Waals surface area contributed by atoms with Gasteiger partial charge in [0.05, 0.1) is 13.5 Å². The number of benzene rings is 1. The highest BCUT2D eigenvalue weighted by Crippen LogP contribution is 2.22. The first-order valence-electron chi connectivity index (χ1n) is 6.72. The van der Waals surface area contributed by atoms with Crippen LogP contribution in [0, 0.1) is 0 Å². The molecule has 21 heavy (non-hydrogen) atoms. The SMILES string of the molecule is COc1ccc(C(C)=O)cc1CC(=O)N1CC[C@@H](N)C1.Cl. The normalized spacial score (nSPS) is 17.3. The number of ether oxygens (including phenoxy) is 1. The van der Waals surface area contributed by atoms with Gasteiger partial charge < -0.3 is 15.4 Å². The van der Waals surface area contributed by atoms with Crippen LogP contribution in [0.5, 0.6) is 5.75 Å². The summed E-state index contributed by atoms with van der Waals surface area (Å²) >= 11 is 0. The lowest BCUT2D eigenvalue weighted by molar-refractivity contribution is -0.129. The van der Waals surface area contributed by atoms with Gasteiger partial charge in [-0.05, 0) is 31.5 Å². The molecule has 2 rings (SSSR count). The summed E-state index contributed by atoms with van der Waals surface area (Å²) in [6.45, 7) is 2.81. The summed E-state index contributed by atoms with van der Waals surface area (Å²) in [5.74, 6) is 0.633. The third-order valence-electron chi connectivity index (χ3n) is 3.61. The van der Waals surface area contributed by atoms with Crippen molar-refractivity contribution in [2.24, 2.45) is 5.73 Å². The fraction of sp³-hybridized carbons (Fsp3) is 0.467. The summed E-state index contributed by atoms with van der Waals surface area (Å²) in [5.41, 5.74) is 7.14. The quantitative estimate of drug-likeness (QED) is 0.854. The van der Waals surface area contributed by atoms with E-state index < -0.39 is 0 Å². The molecule has 2 N–H and O–H groups in total. The van der Waals surface area contributed by atoms with Crippen molar-refractivity contribution in [1.29, 1.82) is 0 Å². The van der Waals surface area contributed by atoms with Crippen LogP contribution in [0.25, 0.3) is 0 Å². The van der Waals surface area contributed by atoms with E-state index in [-0.39, 0.29) is 36.6 Å². The highest BCUT2D eigenvalue weighted by Gasteiger charge is 2.24. The van der Waals surface area contributed by atoms with Gasteiger partial charge in [0.25, 0.3) is 0 Å². The van der Waals surface area contributed by atoms with Crippen LogP contribution in [-0.2, 0) is 11.2 Å². The van der Waals surface area contributed by atoms with Crippen molar-refractivity contribution in [3.8, 4) is 5.75 Å². The molecule has 0 saturated carbocycles. The van der Waals surface area contributed by atoms with E-state index in [4.69, 9.17) is 10.5 Å². The highest BCUT2D eigenvalue weighted by molar-refractivity contribution is 5.94. The highest BCUT2D eigenvalue weighted by atomic mass is 35.5. The van der Waals surface area contributed by atoms with Crippen molar-refractivity contribution in [1.82, 2.24) is 4.90 Å². The molecule has 1 fully saturated rings.